The van der Waals surface area contributed by atoms with Crippen molar-refractivity contribution >= 4 is 36.7 Å². The highest BCUT2D eigenvalue weighted by Gasteiger charge is 2.47. The van der Waals surface area contributed by atoms with Gasteiger partial charge in [0, 0.05) is 6.42 Å². The van der Waals surface area contributed by atoms with Crippen LogP contribution in [0, 0.1) is 5.92 Å². The zero-order chi connectivity index (χ0) is 25.2. The van der Waals surface area contributed by atoms with E-state index in [1.807, 2.05) is 24.3 Å². The molecule has 1 aromatic carbocycles. The Bertz CT molecular complexity index is 708. The summed E-state index contributed by atoms with van der Waals surface area (Å²) in [5.41, 5.74) is 2.57. The molecule has 0 aromatic heterocycles. The molecule has 0 saturated carbocycles. The molecule has 1 aromatic rings. The Hall–Kier alpha value is -0.703. The number of ether oxygens (including phenoxy) is 2. The molecule has 0 aliphatic rings. The standard InChI is InChI=1S/C27H45IO4Si/c1-19(2)33(20(3)4,21(5)6)32-27(22(7)14-15-28)17-26(16-23(8)29)31-18-24-10-12-25(30-9)13-11-24/h10-15,19-22,26-27H,16-18H2,1-9H3/b15-14+/t22-,26+,27+/m0/s1. The van der Waals surface area contributed by atoms with Crippen LogP contribution in [-0.4, -0.2) is 33.4 Å². The summed E-state index contributed by atoms with van der Waals surface area (Å²) in [6.45, 7) is 18.2. The van der Waals surface area contributed by atoms with Crippen LogP contribution in [0.25, 0.3) is 0 Å². The molecule has 0 radical (unpaired) electrons. The van der Waals surface area contributed by atoms with Crippen molar-refractivity contribution in [1.82, 2.24) is 0 Å². The number of ketones is 1. The van der Waals surface area contributed by atoms with Crippen LogP contribution in [0.15, 0.2) is 34.4 Å². The van der Waals surface area contributed by atoms with Crippen LogP contribution in [0.5, 0.6) is 5.75 Å². The molecule has 188 valence electrons. The number of hydrogen-bond donors (Lipinski definition) is 0. The molecule has 3 atom stereocenters. The molecule has 0 bridgehead atoms. The summed E-state index contributed by atoms with van der Waals surface area (Å²) in [5, 5.41) is 0. The Kier molecular flexibility index (Phi) is 13.5. The van der Waals surface area contributed by atoms with E-state index in [1.165, 1.54) is 0 Å². The SMILES string of the molecule is COc1ccc(CO[C@H](CC(C)=O)C[C@@H](O[Si](C(C)C)(C(C)C)C(C)C)[C@@H](C)/C=C/I)cc1. The predicted molar refractivity (Wildman–Crippen MR) is 150 cm³/mol. The van der Waals surface area contributed by atoms with Gasteiger partial charge in [0.1, 0.15) is 11.5 Å². The number of carbonyl (C=O) groups excluding carboxylic acids is 1. The molecule has 0 aliphatic heterocycles. The van der Waals surface area contributed by atoms with Gasteiger partial charge in [-0.3, -0.25) is 4.79 Å². The van der Waals surface area contributed by atoms with Crippen LogP contribution in [-0.2, 0) is 20.6 Å². The quantitative estimate of drug-likeness (QED) is 0.153. The Morgan fingerprint density at radius 3 is 1.97 bits per heavy atom. The molecule has 0 amide bonds. The Labute approximate surface area is 217 Å². The number of Topliss-reactive ketones (excluding diaryl/α,β-unsaturated/α-hetero) is 1. The molecule has 0 unspecified atom stereocenters. The van der Waals surface area contributed by atoms with Gasteiger partial charge in [0.2, 0.25) is 8.32 Å². The van der Waals surface area contributed by atoms with Gasteiger partial charge in [0.05, 0.1) is 25.9 Å². The van der Waals surface area contributed by atoms with Crippen molar-refractivity contribution in [3.63, 3.8) is 0 Å². The fourth-order valence-electron chi connectivity index (χ4n) is 5.01. The maximum Gasteiger partial charge on any atom is 0.200 e. The first-order valence-electron chi connectivity index (χ1n) is 12.2. The smallest absolute Gasteiger partial charge is 0.200 e. The lowest BCUT2D eigenvalue weighted by atomic mass is 9.97. The molecule has 33 heavy (non-hydrogen) atoms. The summed E-state index contributed by atoms with van der Waals surface area (Å²) in [6.07, 6.45) is 3.14. The number of rotatable bonds is 15. The van der Waals surface area contributed by atoms with Gasteiger partial charge in [-0.25, -0.2) is 0 Å². The van der Waals surface area contributed by atoms with Gasteiger partial charge in [-0.2, -0.15) is 0 Å². The van der Waals surface area contributed by atoms with Crippen molar-refractivity contribution < 1.29 is 18.7 Å². The lowest BCUT2D eigenvalue weighted by molar-refractivity contribution is -0.120. The van der Waals surface area contributed by atoms with Gasteiger partial charge in [0.25, 0.3) is 0 Å². The summed E-state index contributed by atoms with van der Waals surface area (Å²) in [4.78, 5) is 12.1. The van der Waals surface area contributed by atoms with Crippen LogP contribution in [0.3, 0.4) is 0 Å². The van der Waals surface area contributed by atoms with Crippen molar-refractivity contribution in [2.24, 2.45) is 5.92 Å². The molecule has 0 saturated heterocycles. The molecule has 0 heterocycles. The van der Waals surface area contributed by atoms with Crippen LogP contribution in [0.1, 0.15) is 73.8 Å². The van der Waals surface area contributed by atoms with E-state index in [4.69, 9.17) is 13.9 Å². The highest BCUT2D eigenvalue weighted by atomic mass is 127. The highest BCUT2D eigenvalue weighted by molar-refractivity contribution is 14.1. The number of carbonyl (C=O) groups is 1. The molecule has 0 spiro atoms. The zero-order valence-corrected chi connectivity index (χ0v) is 25.2. The molecule has 0 aliphatic carbocycles. The molecule has 6 heteroatoms. The minimum atomic E-state index is -2.08. The van der Waals surface area contributed by atoms with Crippen molar-refractivity contribution in [3.8, 4) is 5.75 Å². The van der Waals surface area contributed by atoms with Crippen molar-refractivity contribution in [1.29, 1.82) is 0 Å². The number of halogens is 1. The summed E-state index contributed by atoms with van der Waals surface area (Å²) < 4.78 is 20.8. The van der Waals surface area contributed by atoms with Crippen LogP contribution >= 0.6 is 22.6 Å². The van der Waals surface area contributed by atoms with Crippen LogP contribution < -0.4 is 4.74 Å². The van der Waals surface area contributed by atoms with E-state index >= 15 is 0 Å². The zero-order valence-electron chi connectivity index (χ0n) is 22.1. The summed E-state index contributed by atoms with van der Waals surface area (Å²) >= 11 is 2.28. The minimum Gasteiger partial charge on any atom is -0.497 e. The largest absolute Gasteiger partial charge is 0.497 e. The highest BCUT2D eigenvalue weighted by Crippen LogP contribution is 2.44. The minimum absolute atomic E-state index is 0.00935. The van der Waals surface area contributed by atoms with E-state index in [9.17, 15) is 4.79 Å². The molecule has 1 rings (SSSR count). The Balaban J connectivity index is 3.15. The average Bonchev–Trinajstić information content (AvgIpc) is 2.74. The maximum absolute atomic E-state index is 12.1. The van der Waals surface area contributed by atoms with Crippen LogP contribution in [0.4, 0.5) is 0 Å². The second-order valence-electron chi connectivity index (χ2n) is 10.1. The lowest BCUT2D eigenvalue weighted by Crippen LogP contribution is -2.51. The number of methoxy groups -OCH3 is 1. The summed E-state index contributed by atoms with van der Waals surface area (Å²) in [7, 11) is -0.416. The Morgan fingerprint density at radius 1 is 1.00 bits per heavy atom. The van der Waals surface area contributed by atoms with E-state index in [0.29, 0.717) is 36.1 Å². The van der Waals surface area contributed by atoms with E-state index in [2.05, 4.69) is 81.2 Å². The third kappa shape index (κ3) is 9.11. The maximum atomic E-state index is 12.1. The normalized spacial score (nSPS) is 15.4. The van der Waals surface area contributed by atoms with Gasteiger partial charge < -0.3 is 13.9 Å². The summed E-state index contributed by atoms with van der Waals surface area (Å²) in [5.74, 6) is 1.21. The van der Waals surface area contributed by atoms with Crippen molar-refractivity contribution in [2.45, 2.75) is 104 Å². The second-order valence-corrected chi connectivity index (χ2v) is 16.2. The number of hydrogen-bond acceptors (Lipinski definition) is 4. The monoisotopic (exact) mass is 588 g/mol. The van der Waals surface area contributed by atoms with Gasteiger partial charge in [-0.15, -0.1) is 0 Å². The molecular formula is C27H45IO4Si. The molecule has 0 N–H and O–H groups in total. The first kappa shape index (κ1) is 30.3. The predicted octanol–water partition coefficient (Wildman–Crippen LogP) is 8.10. The van der Waals surface area contributed by atoms with Gasteiger partial charge >= 0.3 is 0 Å². The van der Waals surface area contributed by atoms with Gasteiger partial charge in [-0.1, -0.05) is 89.3 Å². The fraction of sp³-hybridized carbons (Fsp3) is 0.667. The Morgan fingerprint density at radius 2 is 1.55 bits per heavy atom. The molecule has 0 fully saturated rings. The average molecular weight is 589 g/mol. The fourth-order valence-corrected chi connectivity index (χ4v) is 11.3. The van der Waals surface area contributed by atoms with Crippen LogP contribution in [0.2, 0.25) is 16.6 Å². The summed E-state index contributed by atoms with van der Waals surface area (Å²) in [6, 6.07) is 7.89. The molecular weight excluding hydrogens is 543 g/mol. The third-order valence-electron chi connectivity index (χ3n) is 6.68. The van der Waals surface area contributed by atoms with E-state index < -0.39 is 8.32 Å². The second kappa shape index (κ2) is 14.6. The van der Waals surface area contributed by atoms with Gasteiger partial charge in [-0.05, 0) is 57.7 Å². The molecule has 4 nitrogen and oxygen atoms in total. The van der Waals surface area contributed by atoms with Gasteiger partial charge in [0.15, 0.2) is 0 Å². The van der Waals surface area contributed by atoms with Crippen molar-refractivity contribution in [3.05, 3.63) is 40.0 Å². The van der Waals surface area contributed by atoms with E-state index in [0.717, 1.165) is 11.3 Å². The lowest BCUT2D eigenvalue weighted by Gasteiger charge is -2.46. The third-order valence-corrected chi connectivity index (χ3v) is 13.2. The topological polar surface area (TPSA) is 44.8 Å². The van der Waals surface area contributed by atoms with E-state index in [-0.39, 0.29) is 23.9 Å². The van der Waals surface area contributed by atoms with Crippen molar-refractivity contribution in [2.75, 3.05) is 7.11 Å². The first-order chi connectivity index (χ1) is 15.5. The first-order valence-corrected chi connectivity index (χ1v) is 15.5. The van der Waals surface area contributed by atoms with E-state index in [1.54, 1.807) is 14.0 Å². The number of benzene rings is 1.